The Morgan fingerprint density at radius 2 is 2.12 bits per heavy atom. The molecule has 1 aliphatic heterocycles. The number of hydrogen-bond donors (Lipinski definition) is 1. The van der Waals surface area contributed by atoms with Crippen LogP contribution < -0.4 is 0 Å². The minimum Gasteiger partial charge on any atom is -0.480 e. The van der Waals surface area contributed by atoms with Crippen LogP contribution >= 0.6 is 0 Å². The molecule has 1 aromatic heterocycles. The van der Waals surface area contributed by atoms with E-state index in [4.69, 9.17) is 5.11 Å². The molecule has 0 bridgehead atoms. The lowest BCUT2D eigenvalue weighted by Gasteiger charge is -2.32. The summed E-state index contributed by atoms with van der Waals surface area (Å²) >= 11 is 0. The minimum atomic E-state index is -1.01. The number of carbonyl (C=O) groups is 2. The lowest BCUT2D eigenvalue weighted by atomic mass is 10.2. The largest absolute Gasteiger partial charge is 0.480 e. The van der Waals surface area contributed by atoms with Gasteiger partial charge in [0.15, 0.2) is 5.82 Å². The molecule has 0 aliphatic carbocycles. The van der Waals surface area contributed by atoms with Crippen molar-refractivity contribution in [2.75, 3.05) is 0 Å². The summed E-state index contributed by atoms with van der Waals surface area (Å²) in [5, 5.41) is 16.8. The van der Waals surface area contributed by atoms with Crippen molar-refractivity contribution in [2.45, 2.75) is 33.0 Å². The van der Waals surface area contributed by atoms with E-state index in [2.05, 4.69) is 10.2 Å². The van der Waals surface area contributed by atoms with Crippen LogP contribution in [-0.4, -0.2) is 42.7 Å². The van der Waals surface area contributed by atoms with Gasteiger partial charge in [-0.2, -0.15) is 0 Å². The fraction of sp³-hybridized carbons (Fsp3) is 0.556. The summed E-state index contributed by atoms with van der Waals surface area (Å²) in [6, 6.07) is -0.834. The van der Waals surface area contributed by atoms with Gasteiger partial charge in [0, 0.05) is 6.92 Å². The SMILES string of the molecule is CC(=O)N1Cc2nnc(C)n2CC1C(=O)O. The maximum atomic E-state index is 11.3. The monoisotopic (exact) mass is 224 g/mol. The molecular formula is C9H12N4O3. The van der Waals surface area contributed by atoms with Crippen molar-refractivity contribution in [2.24, 2.45) is 0 Å². The first-order valence-electron chi connectivity index (χ1n) is 4.89. The smallest absolute Gasteiger partial charge is 0.328 e. The second kappa shape index (κ2) is 3.58. The first kappa shape index (κ1) is 10.6. The van der Waals surface area contributed by atoms with Gasteiger partial charge < -0.3 is 14.6 Å². The van der Waals surface area contributed by atoms with Gasteiger partial charge in [0.05, 0.1) is 13.1 Å². The maximum Gasteiger partial charge on any atom is 0.328 e. The van der Waals surface area contributed by atoms with Gasteiger partial charge in [-0.1, -0.05) is 0 Å². The molecule has 1 amide bonds. The molecule has 1 aliphatic rings. The third-order valence-electron chi connectivity index (χ3n) is 2.75. The highest BCUT2D eigenvalue weighted by molar-refractivity contribution is 5.82. The summed E-state index contributed by atoms with van der Waals surface area (Å²) in [6.07, 6.45) is 0. The van der Waals surface area contributed by atoms with Gasteiger partial charge in [0.2, 0.25) is 5.91 Å². The second-order valence-corrected chi connectivity index (χ2v) is 3.78. The molecule has 0 saturated heterocycles. The first-order chi connectivity index (χ1) is 7.50. The van der Waals surface area contributed by atoms with E-state index in [1.54, 1.807) is 11.5 Å². The third-order valence-corrected chi connectivity index (χ3v) is 2.75. The number of nitrogens with zero attached hydrogens (tertiary/aromatic N) is 4. The summed E-state index contributed by atoms with van der Waals surface area (Å²) in [4.78, 5) is 23.7. The van der Waals surface area contributed by atoms with Crippen LogP contribution in [0.5, 0.6) is 0 Å². The Labute approximate surface area is 91.7 Å². The van der Waals surface area contributed by atoms with Gasteiger partial charge in [0.25, 0.3) is 0 Å². The zero-order valence-corrected chi connectivity index (χ0v) is 9.04. The molecule has 0 aromatic carbocycles. The van der Waals surface area contributed by atoms with Crippen LogP contribution in [0.2, 0.25) is 0 Å². The zero-order valence-electron chi connectivity index (χ0n) is 9.04. The normalized spacial score (nSPS) is 19.4. The summed E-state index contributed by atoms with van der Waals surface area (Å²) in [6.45, 7) is 3.53. The van der Waals surface area contributed by atoms with Crippen molar-refractivity contribution in [3.05, 3.63) is 11.6 Å². The van der Waals surface area contributed by atoms with E-state index in [9.17, 15) is 9.59 Å². The van der Waals surface area contributed by atoms with Gasteiger partial charge in [0.1, 0.15) is 11.9 Å². The molecule has 0 saturated carbocycles. The Hall–Kier alpha value is -1.92. The van der Waals surface area contributed by atoms with Crippen LogP contribution in [0.1, 0.15) is 18.6 Å². The fourth-order valence-corrected chi connectivity index (χ4v) is 1.86. The van der Waals surface area contributed by atoms with Crippen molar-refractivity contribution in [1.29, 1.82) is 0 Å². The number of hydrogen-bond acceptors (Lipinski definition) is 4. The van der Waals surface area contributed by atoms with Gasteiger partial charge in [-0.15, -0.1) is 10.2 Å². The average Bonchev–Trinajstić information content (AvgIpc) is 2.58. The molecule has 2 rings (SSSR count). The molecule has 0 fully saturated rings. The minimum absolute atomic E-state index is 0.202. The Kier molecular flexibility index (Phi) is 2.37. The van der Waals surface area contributed by atoms with Gasteiger partial charge in [-0.3, -0.25) is 4.79 Å². The van der Waals surface area contributed by atoms with Crippen LogP contribution in [0.3, 0.4) is 0 Å². The Morgan fingerprint density at radius 3 is 2.69 bits per heavy atom. The number of aryl methyl sites for hydroxylation is 1. The molecule has 16 heavy (non-hydrogen) atoms. The average molecular weight is 224 g/mol. The Balaban J connectivity index is 2.38. The number of carboxylic acid groups (broad SMARTS) is 1. The lowest BCUT2D eigenvalue weighted by molar-refractivity contribution is -0.151. The van der Waals surface area contributed by atoms with E-state index in [1.807, 2.05) is 0 Å². The molecule has 7 nitrogen and oxygen atoms in total. The summed E-state index contributed by atoms with van der Waals surface area (Å²) < 4.78 is 1.73. The van der Waals surface area contributed by atoms with E-state index in [1.165, 1.54) is 11.8 Å². The number of rotatable bonds is 1. The number of fused-ring (bicyclic) bond motifs is 1. The molecule has 1 atom stereocenters. The van der Waals surface area contributed by atoms with E-state index in [0.717, 1.165) is 0 Å². The Bertz CT molecular complexity index is 454. The predicted octanol–water partition coefficient (Wildman–Crippen LogP) is -0.598. The van der Waals surface area contributed by atoms with Crippen LogP contribution in [0.4, 0.5) is 0 Å². The molecule has 86 valence electrons. The van der Waals surface area contributed by atoms with Gasteiger partial charge >= 0.3 is 5.97 Å². The lowest BCUT2D eigenvalue weighted by Crippen LogP contribution is -2.50. The standard InChI is InChI=1S/C9H12N4O3/c1-5-10-11-8-4-13(6(2)14)7(9(15)16)3-12(5)8/h7H,3-4H2,1-2H3,(H,15,16). The van der Waals surface area contributed by atoms with E-state index in [-0.39, 0.29) is 19.0 Å². The number of amides is 1. The number of carboxylic acids is 1. The van der Waals surface area contributed by atoms with Gasteiger partial charge in [-0.25, -0.2) is 4.79 Å². The highest BCUT2D eigenvalue weighted by Crippen LogP contribution is 2.17. The topological polar surface area (TPSA) is 88.3 Å². The Morgan fingerprint density at radius 1 is 1.44 bits per heavy atom. The van der Waals surface area contributed by atoms with E-state index >= 15 is 0 Å². The van der Waals surface area contributed by atoms with Crippen LogP contribution in [-0.2, 0) is 22.7 Å². The third kappa shape index (κ3) is 1.54. The number of carbonyl (C=O) groups excluding carboxylic acids is 1. The first-order valence-corrected chi connectivity index (χ1v) is 4.89. The predicted molar refractivity (Wildman–Crippen MR) is 52.4 cm³/mol. The molecular weight excluding hydrogens is 212 g/mol. The van der Waals surface area contributed by atoms with Crippen molar-refractivity contribution >= 4 is 11.9 Å². The van der Waals surface area contributed by atoms with Gasteiger partial charge in [-0.05, 0) is 6.92 Å². The fourth-order valence-electron chi connectivity index (χ4n) is 1.86. The van der Waals surface area contributed by atoms with Crippen molar-refractivity contribution in [3.63, 3.8) is 0 Å². The van der Waals surface area contributed by atoms with Crippen LogP contribution in [0.25, 0.3) is 0 Å². The van der Waals surface area contributed by atoms with Crippen molar-refractivity contribution in [3.8, 4) is 0 Å². The quantitative estimate of drug-likeness (QED) is 0.688. The molecule has 1 aromatic rings. The summed E-state index contributed by atoms with van der Waals surface area (Å²) in [5.74, 6) is 0.0305. The molecule has 2 heterocycles. The molecule has 1 unspecified atom stereocenters. The van der Waals surface area contributed by atoms with Crippen LogP contribution in [0, 0.1) is 6.92 Å². The maximum absolute atomic E-state index is 11.3. The summed E-state index contributed by atoms with van der Waals surface area (Å²) in [5.41, 5.74) is 0. The number of aliphatic carboxylic acids is 1. The summed E-state index contributed by atoms with van der Waals surface area (Å²) in [7, 11) is 0. The highest BCUT2D eigenvalue weighted by Gasteiger charge is 2.34. The molecule has 0 spiro atoms. The second-order valence-electron chi connectivity index (χ2n) is 3.78. The van der Waals surface area contributed by atoms with E-state index < -0.39 is 12.0 Å². The van der Waals surface area contributed by atoms with Crippen LogP contribution in [0.15, 0.2) is 0 Å². The van der Waals surface area contributed by atoms with Crippen molar-refractivity contribution in [1.82, 2.24) is 19.7 Å². The number of aromatic nitrogens is 3. The molecule has 7 heteroatoms. The highest BCUT2D eigenvalue weighted by atomic mass is 16.4. The molecule has 0 radical (unpaired) electrons. The van der Waals surface area contributed by atoms with Crippen molar-refractivity contribution < 1.29 is 14.7 Å². The molecule has 1 N–H and O–H groups in total. The van der Waals surface area contributed by atoms with E-state index in [0.29, 0.717) is 11.6 Å². The zero-order chi connectivity index (χ0) is 11.9.